The fourth-order valence-corrected chi connectivity index (χ4v) is 2.79. The van der Waals surface area contributed by atoms with E-state index in [0.717, 1.165) is 19.6 Å². The van der Waals surface area contributed by atoms with Gasteiger partial charge in [0.2, 0.25) is 11.8 Å². The van der Waals surface area contributed by atoms with Gasteiger partial charge >= 0.3 is 0 Å². The number of carbonyl (C=O) groups excluding carboxylic acids is 2. The van der Waals surface area contributed by atoms with Crippen molar-refractivity contribution in [2.45, 2.75) is 31.7 Å². The first kappa shape index (κ1) is 19.4. The number of hydrogen-bond acceptors (Lipinski definition) is 5. The third kappa shape index (κ3) is 6.81. The van der Waals surface area contributed by atoms with E-state index in [4.69, 9.17) is 10.5 Å². The summed E-state index contributed by atoms with van der Waals surface area (Å²) < 4.78 is 4.86. The van der Waals surface area contributed by atoms with Crippen LogP contribution in [0, 0.1) is 0 Å². The highest BCUT2D eigenvalue weighted by Crippen LogP contribution is 2.14. The predicted molar refractivity (Wildman–Crippen MR) is 98.5 cm³/mol. The molecule has 0 aromatic heterocycles. The number of amides is 2. The lowest BCUT2D eigenvalue weighted by molar-refractivity contribution is -0.118. The van der Waals surface area contributed by atoms with E-state index in [0.29, 0.717) is 17.8 Å². The Morgan fingerprint density at radius 2 is 1.72 bits per heavy atom. The molecule has 2 rings (SSSR count). The van der Waals surface area contributed by atoms with Gasteiger partial charge in [0.05, 0.1) is 6.61 Å². The molecule has 7 nitrogen and oxygen atoms in total. The number of anilines is 2. The smallest absolute Gasteiger partial charge is 0.243 e. The van der Waals surface area contributed by atoms with E-state index in [1.165, 1.54) is 26.4 Å². The summed E-state index contributed by atoms with van der Waals surface area (Å²) in [6.45, 7) is 3.15. The molecular formula is C18H28N4O3. The van der Waals surface area contributed by atoms with Gasteiger partial charge < -0.3 is 26.0 Å². The fraction of sp³-hybridized carbons (Fsp3) is 0.556. The molecule has 25 heavy (non-hydrogen) atoms. The van der Waals surface area contributed by atoms with E-state index >= 15 is 0 Å². The molecule has 2 amide bonds. The maximum absolute atomic E-state index is 12.0. The van der Waals surface area contributed by atoms with E-state index in [-0.39, 0.29) is 18.4 Å². The number of likely N-dealkylation sites (tertiary alicyclic amines) is 1. The van der Waals surface area contributed by atoms with Gasteiger partial charge in [0.25, 0.3) is 0 Å². The van der Waals surface area contributed by atoms with Crippen LogP contribution >= 0.6 is 0 Å². The average Bonchev–Trinajstić information content (AvgIpc) is 2.62. The van der Waals surface area contributed by atoms with Crippen molar-refractivity contribution in [2.75, 3.05) is 44.0 Å². The van der Waals surface area contributed by atoms with Crippen molar-refractivity contribution in [3.8, 4) is 0 Å². The van der Waals surface area contributed by atoms with Crippen LogP contribution in [0.5, 0.6) is 0 Å². The summed E-state index contributed by atoms with van der Waals surface area (Å²) in [5.41, 5.74) is 7.01. The van der Waals surface area contributed by atoms with Crippen molar-refractivity contribution in [3.63, 3.8) is 0 Å². The first-order valence-corrected chi connectivity index (χ1v) is 8.76. The molecule has 1 aromatic rings. The minimum absolute atomic E-state index is 0.00414. The minimum atomic E-state index is -0.709. The molecule has 1 aromatic carbocycles. The molecule has 138 valence electrons. The summed E-state index contributed by atoms with van der Waals surface area (Å²) in [7, 11) is 1.50. The zero-order valence-corrected chi connectivity index (χ0v) is 14.8. The van der Waals surface area contributed by atoms with Gasteiger partial charge in [-0.15, -0.1) is 0 Å². The van der Waals surface area contributed by atoms with Gasteiger partial charge in [-0.25, -0.2) is 0 Å². The highest BCUT2D eigenvalue weighted by molar-refractivity contribution is 5.95. The van der Waals surface area contributed by atoms with Crippen LogP contribution in [0.2, 0.25) is 0 Å². The van der Waals surface area contributed by atoms with E-state index in [2.05, 4.69) is 15.5 Å². The van der Waals surface area contributed by atoms with Crippen molar-refractivity contribution in [2.24, 2.45) is 5.73 Å². The molecule has 0 saturated carbocycles. The van der Waals surface area contributed by atoms with Crippen LogP contribution in [0.1, 0.15) is 25.7 Å². The number of nitrogens with one attached hydrogen (secondary N) is 2. The number of benzene rings is 1. The molecule has 7 heteroatoms. The number of hydrogen-bond donors (Lipinski definition) is 3. The van der Waals surface area contributed by atoms with E-state index in [9.17, 15) is 9.59 Å². The molecule has 1 unspecified atom stereocenters. The summed E-state index contributed by atoms with van der Waals surface area (Å²) >= 11 is 0. The Morgan fingerprint density at radius 3 is 2.32 bits per heavy atom. The van der Waals surface area contributed by atoms with Crippen molar-refractivity contribution < 1.29 is 14.3 Å². The Labute approximate surface area is 148 Å². The quantitative estimate of drug-likeness (QED) is 0.660. The third-order valence-electron chi connectivity index (χ3n) is 4.22. The number of piperidine rings is 1. The normalized spacial score (nSPS) is 16.2. The van der Waals surface area contributed by atoms with Gasteiger partial charge in [-0.3, -0.25) is 9.59 Å². The van der Waals surface area contributed by atoms with Crippen LogP contribution in [0.25, 0.3) is 0 Å². The third-order valence-corrected chi connectivity index (χ3v) is 4.22. The minimum Gasteiger partial charge on any atom is -0.383 e. The van der Waals surface area contributed by atoms with Gasteiger partial charge in [-0.05, 0) is 50.2 Å². The van der Waals surface area contributed by atoms with Crippen molar-refractivity contribution in [1.82, 2.24) is 4.90 Å². The Kier molecular flexibility index (Phi) is 7.84. The van der Waals surface area contributed by atoms with E-state index in [1.54, 1.807) is 24.3 Å². The Morgan fingerprint density at radius 1 is 1.12 bits per heavy atom. The number of nitrogens with two attached hydrogens (primary N) is 1. The molecule has 0 radical (unpaired) electrons. The van der Waals surface area contributed by atoms with Crippen LogP contribution in [0.15, 0.2) is 24.3 Å². The number of methoxy groups -OCH3 is 1. The second kappa shape index (κ2) is 10.1. The summed E-state index contributed by atoms with van der Waals surface area (Å²) in [5, 5.41) is 5.59. The van der Waals surface area contributed by atoms with Crippen molar-refractivity contribution >= 4 is 23.2 Å². The van der Waals surface area contributed by atoms with E-state index < -0.39 is 6.04 Å². The summed E-state index contributed by atoms with van der Waals surface area (Å²) in [6.07, 6.45) is 4.23. The molecule has 0 bridgehead atoms. The topological polar surface area (TPSA) is 96.7 Å². The van der Waals surface area contributed by atoms with Crippen molar-refractivity contribution in [1.29, 1.82) is 0 Å². The van der Waals surface area contributed by atoms with Crippen LogP contribution < -0.4 is 16.4 Å². The highest BCUT2D eigenvalue weighted by atomic mass is 16.5. The SMILES string of the molecule is COCC(N)C(=O)Nc1ccc(NC(=O)CCN2CCCCC2)cc1. The highest BCUT2D eigenvalue weighted by Gasteiger charge is 2.14. The Balaban J connectivity index is 1.75. The second-order valence-electron chi connectivity index (χ2n) is 6.33. The Bertz CT molecular complexity index is 556. The molecule has 0 aliphatic carbocycles. The largest absolute Gasteiger partial charge is 0.383 e. The number of ether oxygens (including phenoxy) is 1. The number of carbonyl (C=O) groups is 2. The van der Waals surface area contributed by atoms with Crippen LogP contribution in [0.4, 0.5) is 11.4 Å². The fourth-order valence-electron chi connectivity index (χ4n) is 2.79. The lowest BCUT2D eigenvalue weighted by Crippen LogP contribution is -2.39. The molecule has 1 heterocycles. The molecule has 1 aliphatic heterocycles. The maximum Gasteiger partial charge on any atom is 0.243 e. The van der Waals surface area contributed by atoms with Crippen LogP contribution in [-0.2, 0) is 14.3 Å². The van der Waals surface area contributed by atoms with E-state index in [1.807, 2.05) is 0 Å². The zero-order valence-electron chi connectivity index (χ0n) is 14.8. The van der Waals surface area contributed by atoms with Gasteiger partial charge in [0.1, 0.15) is 6.04 Å². The summed E-state index contributed by atoms with van der Waals surface area (Å²) in [4.78, 5) is 26.2. The van der Waals surface area contributed by atoms with Gasteiger partial charge in [-0.1, -0.05) is 6.42 Å². The molecule has 0 spiro atoms. The average molecular weight is 348 g/mol. The lowest BCUT2D eigenvalue weighted by atomic mass is 10.1. The van der Waals surface area contributed by atoms with Crippen LogP contribution in [0.3, 0.4) is 0 Å². The molecule has 4 N–H and O–H groups in total. The first-order valence-electron chi connectivity index (χ1n) is 8.76. The van der Waals surface area contributed by atoms with Gasteiger partial charge in [0, 0.05) is 31.5 Å². The maximum atomic E-state index is 12.0. The molecular weight excluding hydrogens is 320 g/mol. The Hall–Kier alpha value is -1.96. The standard InChI is InChI=1S/C18H28N4O3/c1-25-13-16(19)18(24)21-15-7-5-14(6-8-15)20-17(23)9-12-22-10-3-2-4-11-22/h5-8,16H,2-4,9-13,19H2,1H3,(H,20,23)(H,21,24). The van der Waals surface area contributed by atoms with Crippen LogP contribution in [-0.4, -0.2) is 56.1 Å². The monoisotopic (exact) mass is 348 g/mol. The molecule has 1 atom stereocenters. The zero-order chi connectivity index (χ0) is 18.1. The number of nitrogens with zero attached hydrogens (tertiary/aromatic N) is 1. The van der Waals surface area contributed by atoms with Gasteiger partial charge in [-0.2, -0.15) is 0 Å². The van der Waals surface area contributed by atoms with Crippen molar-refractivity contribution in [3.05, 3.63) is 24.3 Å². The predicted octanol–water partition coefficient (Wildman–Crippen LogP) is 1.41. The molecule has 1 fully saturated rings. The van der Waals surface area contributed by atoms with Gasteiger partial charge in [0.15, 0.2) is 0 Å². The second-order valence-corrected chi connectivity index (χ2v) is 6.33. The summed E-state index contributed by atoms with van der Waals surface area (Å²) in [5.74, 6) is -0.301. The molecule has 1 aliphatic rings. The lowest BCUT2D eigenvalue weighted by Gasteiger charge is -2.25. The molecule has 1 saturated heterocycles. The first-order chi connectivity index (χ1) is 12.1. The number of rotatable bonds is 8. The summed E-state index contributed by atoms with van der Waals surface area (Å²) in [6, 6.07) is 6.28.